The number of piperazine rings is 1. The predicted octanol–water partition coefficient (Wildman–Crippen LogP) is 1.66. The molecule has 0 saturated carbocycles. The molecule has 0 bridgehead atoms. The van der Waals surface area contributed by atoms with E-state index in [4.69, 9.17) is 0 Å². The number of hydrogen-bond acceptors (Lipinski definition) is 5. The normalized spacial score (nSPS) is 23.4. The van der Waals surface area contributed by atoms with Gasteiger partial charge in [-0.05, 0) is 20.8 Å². The molecule has 3 rings (SSSR count). The summed E-state index contributed by atoms with van der Waals surface area (Å²) >= 11 is 1.83. The number of thiazole rings is 1. The topological polar surface area (TPSA) is 22.6 Å². The first-order valence-corrected chi connectivity index (χ1v) is 8.55. The van der Waals surface area contributed by atoms with Crippen LogP contribution in [0.1, 0.15) is 23.7 Å². The molecule has 5 heteroatoms. The number of hydrogen-bond donors (Lipinski definition) is 0. The molecule has 0 aromatic carbocycles. The minimum Gasteiger partial charge on any atom is -0.298 e. The van der Waals surface area contributed by atoms with Crippen LogP contribution in [0.15, 0.2) is 6.20 Å². The van der Waals surface area contributed by atoms with E-state index in [-0.39, 0.29) is 0 Å². The highest BCUT2D eigenvalue weighted by atomic mass is 32.1. The van der Waals surface area contributed by atoms with Gasteiger partial charge in [0.1, 0.15) is 0 Å². The lowest BCUT2D eigenvalue weighted by molar-refractivity contribution is -0.00373. The minimum absolute atomic E-state index is 0.699. The third kappa shape index (κ3) is 3.22. The molecule has 0 unspecified atom stereocenters. The molecule has 0 spiro atoms. The zero-order chi connectivity index (χ0) is 14.1. The molecular weight excluding hydrogens is 268 g/mol. The fourth-order valence-electron chi connectivity index (χ4n) is 3.22. The van der Waals surface area contributed by atoms with Gasteiger partial charge in [-0.3, -0.25) is 14.7 Å². The van der Waals surface area contributed by atoms with Crippen LogP contribution >= 0.6 is 11.3 Å². The second-order valence-corrected chi connectivity index (χ2v) is 7.68. The molecule has 1 aromatic rings. The molecule has 112 valence electrons. The molecular formula is C15H26N4S. The molecule has 0 atom stereocenters. The highest BCUT2D eigenvalue weighted by Gasteiger charge is 2.33. The van der Waals surface area contributed by atoms with Crippen LogP contribution in [0, 0.1) is 6.92 Å². The van der Waals surface area contributed by atoms with E-state index in [2.05, 4.69) is 40.5 Å². The summed E-state index contributed by atoms with van der Waals surface area (Å²) in [5.74, 6) is 0. The largest absolute Gasteiger partial charge is 0.298 e. The Balaban J connectivity index is 1.40. The quantitative estimate of drug-likeness (QED) is 0.842. The van der Waals surface area contributed by atoms with E-state index >= 15 is 0 Å². The molecule has 0 amide bonds. The van der Waals surface area contributed by atoms with Crippen LogP contribution in [0.2, 0.25) is 0 Å². The Morgan fingerprint density at radius 1 is 1.25 bits per heavy atom. The summed E-state index contributed by atoms with van der Waals surface area (Å²) < 4.78 is 0. The van der Waals surface area contributed by atoms with Gasteiger partial charge in [-0.25, -0.2) is 4.98 Å². The lowest BCUT2D eigenvalue weighted by Gasteiger charge is -2.48. The zero-order valence-electron chi connectivity index (χ0n) is 12.9. The van der Waals surface area contributed by atoms with Gasteiger partial charge in [0.15, 0.2) is 0 Å². The maximum Gasteiger partial charge on any atom is 0.0897 e. The Morgan fingerprint density at radius 2 is 1.95 bits per heavy atom. The first-order valence-electron chi connectivity index (χ1n) is 7.73. The highest BCUT2D eigenvalue weighted by Crippen LogP contribution is 2.22. The van der Waals surface area contributed by atoms with Gasteiger partial charge in [0.2, 0.25) is 0 Å². The minimum atomic E-state index is 0.699. The number of rotatable bonds is 4. The summed E-state index contributed by atoms with van der Waals surface area (Å²) in [6, 6.07) is 1.49. The molecule has 20 heavy (non-hydrogen) atoms. The molecule has 0 N–H and O–H groups in total. The van der Waals surface area contributed by atoms with Gasteiger partial charge in [-0.15, -0.1) is 11.3 Å². The number of nitrogens with zero attached hydrogens (tertiary/aromatic N) is 4. The second kappa shape index (κ2) is 6.10. The van der Waals surface area contributed by atoms with Gasteiger partial charge >= 0.3 is 0 Å². The average molecular weight is 294 g/mol. The van der Waals surface area contributed by atoms with Crippen LogP contribution in [0.5, 0.6) is 0 Å². The van der Waals surface area contributed by atoms with Gasteiger partial charge in [0.05, 0.1) is 5.01 Å². The average Bonchev–Trinajstić information content (AvgIpc) is 2.79. The van der Waals surface area contributed by atoms with Crippen molar-refractivity contribution in [3.05, 3.63) is 16.1 Å². The standard InChI is InChI=1S/C15H26N4S/c1-12(2)18-4-6-19(7-5-18)14-9-17(10-14)11-15-8-16-13(3)20-15/h8,12,14H,4-7,9-11H2,1-3H3. The molecule has 2 aliphatic heterocycles. The van der Waals surface area contributed by atoms with Crippen LogP contribution < -0.4 is 0 Å². The van der Waals surface area contributed by atoms with E-state index in [0.29, 0.717) is 6.04 Å². The molecule has 2 aliphatic rings. The molecule has 0 radical (unpaired) electrons. The smallest absolute Gasteiger partial charge is 0.0897 e. The summed E-state index contributed by atoms with van der Waals surface area (Å²) in [5.41, 5.74) is 0. The first-order chi connectivity index (χ1) is 9.61. The van der Waals surface area contributed by atoms with Crippen molar-refractivity contribution in [2.75, 3.05) is 39.3 Å². The van der Waals surface area contributed by atoms with Crippen molar-refractivity contribution in [1.82, 2.24) is 19.7 Å². The first kappa shape index (κ1) is 14.4. The van der Waals surface area contributed by atoms with E-state index in [1.165, 1.54) is 49.2 Å². The van der Waals surface area contributed by atoms with E-state index in [9.17, 15) is 0 Å². The Morgan fingerprint density at radius 3 is 2.50 bits per heavy atom. The molecule has 2 fully saturated rings. The highest BCUT2D eigenvalue weighted by molar-refractivity contribution is 7.11. The molecule has 3 heterocycles. The summed E-state index contributed by atoms with van der Waals surface area (Å²) in [4.78, 5) is 13.6. The van der Waals surface area contributed by atoms with Crippen LogP contribution in [-0.2, 0) is 6.54 Å². The number of likely N-dealkylation sites (tertiary alicyclic amines) is 1. The molecule has 0 aliphatic carbocycles. The lowest BCUT2D eigenvalue weighted by Crippen LogP contribution is -2.63. The van der Waals surface area contributed by atoms with Gasteiger partial charge in [0.25, 0.3) is 0 Å². The van der Waals surface area contributed by atoms with Crippen molar-refractivity contribution < 1.29 is 0 Å². The van der Waals surface area contributed by atoms with E-state index in [0.717, 1.165) is 12.6 Å². The summed E-state index contributed by atoms with van der Waals surface area (Å²) in [6.07, 6.45) is 2.04. The van der Waals surface area contributed by atoms with Crippen molar-refractivity contribution in [3.63, 3.8) is 0 Å². The Labute approximate surface area is 126 Å². The fraction of sp³-hybridized carbons (Fsp3) is 0.800. The third-order valence-electron chi connectivity index (χ3n) is 4.58. The van der Waals surface area contributed by atoms with Crippen LogP contribution in [-0.4, -0.2) is 71.0 Å². The third-order valence-corrected chi connectivity index (χ3v) is 5.48. The van der Waals surface area contributed by atoms with Gasteiger partial charge in [0, 0.05) is 69.0 Å². The van der Waals surface area contributed by atoms with Crippen LogP contribution in [0.4, 0.5) is 0 Å². The van der Waals surface area contributed by atoms with E-state index in [1.807, 2.05) is 17.5 Å². The monoisotopic (exact) mass is 294 g/mol. The molecule has 2 saturated heterocycles. The fourth-order valence-corrected chi connectivity index (χ4v) is 4.06. The number of aromatic nitrogens is 1. The Bertz CT molecular complexity index is 431. The van der Waals surface area contributed by atoms with E-state index in [1.54, 1.807) is 0 Å². The Kier molecular flexibility index (Phi) is 4.40. The van der Waals surface area contributed by atoms with Crippen LogP contribution in [0.25, 0.3) is 0 Å². The van der Waals surface area contributed by atoms with Crippen molar-refractivity contribution >= 4 is 11.3 Å². The predicted molar refractivity (Wildman–Crippen MR) is 84.2 cm³/mol. The van der Waals surface area contributed by atoms with Crippen molar-refractivity contribution in [3.8, 4) is 0 Å². The van der Waals surface area contributed by atoms with Gasteiger partial charge in [-0.1, -0.05) is 0 Å². The molecule has 1 aromatic heterocycles. The van der Waals surface area contributed by atoms with Crippen LogP contribution in [0.3, 0.4) is 0 Å². The van der Waals surface area contributed by atoms with Crippen molar-refractivity contribution in [2.45, 2.75) is 39.4 Å². The summed E-state index contributed by atoms with van der Waals surface area (Å²) in [6.45, 7) is 15.2. The van der Waals surface area contributed by atoms with Gasteiger partial charge in [-0.2, -0.15) is 0 Å². The van der Waals surface area contributed by atoms with Gasteiger partial charge < -0.3 is 0 Å². The Hall–Kier alpha value is -0.490. The zero-order valence-corrected chi connectivity index (χ0v) is 13.7. The molecule has 4 nitrogen and oxygen atoms in total. The second-order valence-electron chi connectivity index (χ2n) is 6.36. The van der Waals surface area contributed by atoms with Crippen molar-refractivity contribution in [2.24, 2.45) is 0 Å². The summed E-state index contributed by atoms with van der Waals surface area (Å²) in [7, 11) is 0. The lowest BCUT2D eigenvalue weighted by atomic mass is 10.1. The van der Waals surface area contributed by atoms with Crippen molar-refractivity contribution in [1.29, 1.82) is 0 Å². The number of aryl methyl sites for hydroxylation is 1. The van der Waals surface area contributed by atoms with E-state index < -0.39 is 0 Å². The summed E-state index contributed by atoms with van der Waals surface area (Å²) in [5, 5.41) is 1.18. The SMILES string of the molecule is Cc1ncc(CN2CC(N3CCN(C(C)C)CC3)C2)s1. The maximum atomic E-state index is 4.34. The maximum absolute atomic E-state index is 4.34.